The van der Waals surface area contributed by atoms with Gasteiger partial charge in [0.2, 0.25) is 5.95 Å². The minimum atomic E-state index is -4.27. The number of rotatable bonds is 16. The first-order chi connectivity index (χ1) is 37.0. The lowest BCUT2D eigenvalue weighted by molar-refractivity contribution is -0.131. The van der Waals surface area contributed by atoms with Crippen LogP contribution in [0.3, 0.4) is 0 Å². The topological polar surface area (TPSA) is 134 Å². The number of fused-ring (bicyclic) bond motifs is 2. The number of piperidine rings is 1. The van der Waals surface area contributed by atoms with Gasteiger partial charge in [0, 0.05) is 86.1 Å². The van der Waals surface area contributed by atoms with Crippen molar-refractivity contribution in [3.05, 3.63) is 132 Å². The van der Waals surface area contributed by atoms with Crippen LogP contribution in [-0.2, 0) is 30.9 Å². The molecule has 2 aliphatic carbocycles. The van der Waals surface area contributed by atoms with Crippen LogP contribution in [0.2, 0.25) is 0 Å². The summed E-state index contributed by atoms with van der Waals surface area (Å²) in [5, 5.41) is 19.6. The van der Waals surface area contributed by atoms with Crippen molar-refractivity contribution in [2.24, 2.45) is 17.8 Å². The number of aromatic nitrogens is 5. The van der Waals surface area contributed by atoms with Gasteiger partial charge >= 0.3 is 12.3 Å². The van der Waals surface area contributed by atoms with Gasteiger partial charge in [0.25, 0.3) is 5.91 Å². The molecule has 404 valence electrons. The number of carbonyl (C=O) groups is 2. The standard InChI is InChI=1S/C61H70F3N9O4/c1-60(2,3)77-59(76)71(34-41-6-12-44(13-7-41)48-18-23-55-49(30-48)31-67-73(55)36-43-4-5-43)35-42-10-16-47(17-11-42)57(75)70-37-50(38-70)45-24-28-69(29-25-45)33-40-8-14-46(15-9-40)54-39-72(51-19-21-52(74)22-20-51)56-53(54)32-66-58(68-56)65-27-26-61(62,63)64/h6-18,23,30-32,39,43,45,50-52,74H,4-5,19-22,24-29,33-38H2,1-3H3,(H,65,66,68). The number of anilines is 1. The monoisotopic (exact) mass is 1050 g/mol. The maximum Gasteiger partial charge on any atom is 0.410 e. The average molecular weight is 1050 g/mol. The summed E-state index contributed by atoms with van der Waals surface area (Å²) in [6.07, 6.45) is 7.51. The number of nitrogens with one attached hydrogen (secondary N) is 1. The number of amides is 2. The molecule has 0 radical (unpaired) electrons. The van der Waals surface area contributed by atoms with E-state index in [0.717, 1.165) is 121 Å². The second-order valence-corrected chi connectivity index (χ2v) is 23.2. The van der Waals surface area contributed by atoms with Crippen LogP contribution >= 0.6 is 0 Å². The fraction of sp³-hybridized carbons (Fsp3) is 0.459. The summed E-state index contributed by atoms with van der Waals surface area (Å²) in [4.78, 5) is 42.6. The molecule has 4 aliphatic rings. The Morgan fingerprint density at radius 3 is 2.08 bits per heavy atom. The van der Waals surface area contributed by atoms with Crippen LogP contribution in [0.15, 0.2) is 110 Å². The molecule has 0 bridgehead atoms. The highest BCUT2D eigenvalue weighted by molar-refractivity contribution is 5.95. The van der Waals surface area contributed by atoms with Crippen LogP contribution in [-0.4, -0.2) is 107 Å². The van der Waals surface area contributed by atoms with Crippen molar-refractivity contribution in [2.75, 3.05) is 38.0 Å². The molecule has 16 heteroatoms. The quantitative estimate of drug-likeness (QED) is 0.0970. The van der Waals surface area contributed by atoms with Crippen molar-refractivity contribution in [1.29, 1.82) is 0 Å². The molecule has 77 heavy (non-hydrogen) atoms. The van der Waals surface area contributed by atoms with Crippen molar-refractivity contribution < 1.29 is 32.6 Å². The molecule has 2 N–H and O–H groups in total. The van der Waals surface area contributed by atoms with Crippen LogP contribution < -0.4 is 5.32 Å². The Labute approximate surface area is 448 Å². The molecule has 0 atom stereocenters. The molecule has 2 amide bonds. The summed E-state index contributed by atoms with van der Waals surface area (Å²) < 4.78 is 48.7. The highest BCUT2D eigenvalue weighted by Gasteiger charge is 2.38. The van der Waals surface area contributed by atoms with Gasteiger partial charge in [0.15, 0.2) is 0 Å². The lowest BCUT2D eigenvalue weighted by Gasteiger charge is -2.46. The molecule has 3 aromatic heterocycles. The average Bonchev–Trinajstić information content (AvgIpc) is 4.10. The molecule has 2 saturated heterocycles. The number of nitrogens with zero attached hydrogens (tertiary/aromatic N) is 8. The SMILES string of the molecule is CC(C)(C)OC(=O)N(Cc1ccc(C(=O)N2CC(C3CCN(Cc4ccc(-c5cn(C6CCC(O)CC6)c6nc(NCCC(F)(F)F)ncc56)cc4)CC3)C2)cc1)Cc1ccc(-c2ccc3c(cnn3CC3CC3)c2)cc1. The second-order valence-electron chi connectivity index (χ2n) is 23.2. The van der Waals surface area contributed by atoms with Gasteiger partial charge in [-0.1, -0.05) is 66.7 Å². The predicted octanol–water partition coefficient (Wildman–Crippen LogP) is 12.3. The molecule has 4 aromatic carbocycles. The van der Waals surface area contributed by atoms with Crippen LogP contribution in [0.25, 0.3) is 44.2 Å². The molecule has 4 fully saturated rings. The number of likely N-dealkylation sites (tertiary alicyclic amines) is 2. The lowest BCUT2D eigenvalue weighted by Crippen LogP contribution is -2.54. The van der Waals surface area contributed by atoms with E-state index in [0.29, 0.717) is 49.0 Å². The molecule has 2 saturated carbocycles. The zero-order valence-corrected chi connectivity index (χ0v) is 44.4. The Morgan fingerprint density at radius 1 is 0.766 bits per heavy atom. The number of aliphatic hydroxyl groups excluding tert-OH is 1. The smallest absolute Gasteiger partial charge is 0.410 e. The van der Waals surface area contributed by atoms with Gasteiger partial charge in [-0.05, 0) is 161 Å². The van der Waals surface area contributed by atoms with Gasteiger partial charge in [-0.15, -0.1) is 0 Å². The van der Waals surface area contributed by atoms with Crippen LogP contribution in [0, 0.1) is 17.8 Å². The fourth-order valence-electron chi connectivity index (χ4n) is 11.5. The molecule has 5 heterocycles. The highest BCUT2D eigenvalue weighted by Crippen LogP contribution is 2.39. The van der Waals surface area contributed by atoms with Crippen molar-refractivity contribution in [3.8, 4) is 22.3 Å². The summed E-state index contributed by atoms with van der Waals surface area (Å²) in [5.41, 5.74) is 9.17. The number of halogens is 3. The van der Waals surface area contributed by atoms with Gasteiger partial charge in [0.05, 0.1) is 24.2 Å². The Morgan fingerprint density at radius 2 is 1.42 bits per heavy atom. The number of hydrogen-bond acceptors (Lipinski definition) is 9. The normalized spacial score (nSPS) is 18.9. The second kappa shape index (κ2) is 21.9. The first kappa shape index (κ1) is 52.3. The van der Waals surface area contributed by atoms with E-state index in [-0.39, 0.29) is 30.5 Å². The maximum absolute atomic E-state index is 13.7. The molecular formula is C61H70F3N9O4. The number of aliphatic hydroxyl groups is 1. The first-order valence-corrected chi connectivity index (χ1v) is 27.6. The van der Waals surface area contributed by atoms with Crippen molar-refractivity contribution in [3.63, 3.8) is 0 Å². The molecular weight excluding hydrogens is 980 g/mol. The number of alkyl halides is 3. The summed E-state index contributed by atoms with van der Waals surface area (Å²) in [7, 11) is 0. The van der Waals surface area contributed by atoms with Crippen molar-refractivity contribution in [1.82, 2.24) is 39.0 Å². The highest BCUT2D eigenvalue weighted by atomic mass is 19.4. The molecule has 0 spiro atoms. The zero-order valence-electron chi connectivity index (χ0n) is 44.4. The van der Waals surface area contributed by atoms with Gasteiger partial charge in [-0.2, -0.15) is 23.3 Å². The van der Waals surface area contributed by atoms with Crippen LogP contribution in [0.1, 0.15) is 112 Å². The number of hydrogen-bond donors (Lipinski definition) is 2. The number of carbonyl (C=O) groups excluding carboxylic acids is 2. The van der Waals surface area contributed by atoms with Crippen molar-refractivity contribution >= 4 is 39.9 Å². The predicted molar refractivity (Wildman–Crippen MR) is 293 cm³/mol. The third-order valence-electron chi connectivity index (χ3n) is 16.1. The summed E-state index contributed by atoms with van der Waals surface area (Å²) >= 11 is 0. The lowest BCUT2D eigenvalue weighted by atomic mass is 9.79. The van der Waals surface area contributed by atoms with E-state index >= 15 is 0 Å². The number of ether oxygens (including phenoxy) is 1. The molecule has 7 aromatic rings. The molecule has 11 rings (SSSR count). The Bertz CT molecular complexity index is 3180. The third-order valence-corrected chi connectivity index (χ3v) is 16.1. The Kier molecular flexibility index (Phi) is 14.9. The van der Waals surface area contributed by atoms with E-state index in [1.807, 2.05) is 56.1 Å². The molecule has 2 aliphatic heterocycles. The van der Waals surface area contributed by atoms with E-state index in [4.69, 9.17) is 9.72 Å². The van der Waals surface area contributed by atoms with Crippen LogP contribution in [0.4, 0.5) is 23.9 Å². The van der Waals surface area contributed by atoms with E-state index in [1.54, 1.807) is 11.1 Å². The van der Waals surface area contributed by atoms with E-state index in [2.05, 4.69) is 102 Å². The Balaban J connectivity index is 0.658. The van der Waals surface area contributed by atoms with E-state index in [1.165, 1.54) is 18.4 Å². The largest absolute Gasteiger partial charge is 0.444 e. The van der Waals surface area contributed by atoms with Gasteiger partial charge in [-0.25, -0.2) is 9.78 Å². The minimum Gasteiger partial charge on any atom is -0.444 e. The molecule has 0 unspecified atom stereocenters. The van der Waals surface area contributed by atoms with E-state index in [9.17, 15) is 27.9 Å². The molecule has 13 nitrogen and oxygen atoms in total. The summed E-state index contributed by atoms with van der Waals surface area (Å²) in [5.74, 6) is 2.01. The van der Waals surface area contributed by atoms with Gasteiger partial charge < -0.3 is 24.6 Å². The first-order valence-electron chi connectivity index (χ1n) is 27.6. The number of benzene rings is 4. The minimum absolute atomic E-state index is 0.0385. The summed E-state index contributed by atoms with van der Waals surface area (Å²) in [6, 6.07) is 31.2. The summed E-state index contributed by atoms with van der Waals surface area (Å²) in [6.45, 7) is 11.4. The van der Waals surface area contributed by atoms with Crippen LogP contribution in [0.5, 0.6) is 0 Å². The van der Waals surface area contributed by atoms with Crippen molar-refractivity contribution in [2.45, 2.75) is 129 Å². The van der Waals surface area contributed by atoms with Gasteiger partial charge in [-0.3, -0.25) is 19.3 Å². The third kappa shape index (κ3) is 12.7. The zero-order chi connectivity index (χ0) is 53.4. The fourth-order valence-corrected chi connectivity index (χ4v) is 11.5. The van der Waals surface area contributed by atoms with E-state index < -0.39 is 24.3 Å². The maximum atomic E-state index is 13.7. The van der Waals surface area contributed by atoms with Gasteiger partial charge in [0.1, 0.15) is 11.2 Å². The Hall–Kier alpha value is -6.78.